The van der Waals surface area contributed by atoms with E-state index in [-0.39, 0.29) is 17.5 Å². The molecule has 2 rings (SSSR count). The molecule has 0 aromatic rings. The number of hydrogen-bond donors (Lipinski definition) is 1. The van der Waals surface area contributed by atoms with E-state index in [2.05, 4.69) is 10.2 Å². The van der Waals surface area contributed by atoms with Crippen LogP contribution in [-0.4, -0.2) is 69.1 Å². The Morgan fingerprint density at radius 2 is 1.90 bits per heavy atom. The Kier molecular flexibility index (Phi) is 5.27. The molecule has 2 fully saturated rings. The lowest BCUT2D eigenvalue weighted by atomic mass is 9.92. The molecule has 21 heavy (non-hydrogen) atoms. The van der Waals surface area contributed by atoms with E-state index in [0.717, 1.165) is 12.8 Å². The normalized spacial score (nSPS) is 25.2. The highest BCUT2D eigenvalue weighted by Crippen LogP contribution is 2.41. The first-order valence-electron chi connectivity index (χ1n) is 7.78. The average Bonchev–Trinajstić information content (AvgIpc) is 3.25. The molecule has 1 atom stereocenters. The lowest BCUT2D eigenvalue weighted by Crippen LogP contribution is -2.62. The summed E-state index contributed by atoms with van der Waals surface area (Å²) in [6.07, 6.45) is 2.05. The number of sulfone groups is 1. The summed E-state index contributed by atoms with van der Waals surface area (Å²) in [5, 5.41) is 3.35. The van der Waals surface area contributed by atoms with Crippen molar-refractivity contribution in [3.8, 4) is 0 Å². The third-order valence-electron chi connectivity index (χ3n) is 4.32. The summed E-state index contributed by atoms with van der Waals surface area (Å²) in [4.78, 5) is 14.6. The lowest BCUT2D eigenvalue weighted by Gasteiger charge is -2.38. The number of esters is 1. The summed E-state index contributed by atoms with van der Waals surface area (Å²) in [6, 6.07) is 0. The van der Waals surface area contributed by atoms with Gasteiger partial charge in [-0.25, -0.2) is 13.2 Å². The van der Waals surface area contributed by atoms with Crippen molar-refractivity contribution in [1.82, 2.24) is 10.2 Å². The highest BCUT2D eigenvalue weighted by atomic mass is 32.2. The molecule has 1 unspecified atom stereocenters. The molecule has 0 amide bonds. The van der Waals surface area contributed by atoms with Gasteiger partial charge in [0.05, 0.1) is 18.1 Å². The second-order valence-electron chi connectivity index (χ2n) is 5.92. The number of carbonyl (C=O) groups excluding carboxylic acids is 1. The maximum atomic E-state index is 12.5. The van der Waals surface area contributed by atoms with Gasteiger partial charge in [-0.3, -0.25) is 4.90 Å². The first kappa shape index (κ1) is 16.7. The van der Waals surface area contributed by atoms with E-state index in [1.54, 1.807) is 0 Å². The topological polar surface area (TPSA) is 75.7 Å². The Bertz CT molecular complexity index is 461. The fourth-order valence-corrected chi connectivity index (χ4v) is 4.32. The minimum atomic E-state index is -2.90. The van der Waals surface area contributed by atoms with Crippen LogP contribution in [0.4, 0.5) is 0 Å². The van der Waals surface area contributed by atoms with Crippen LogP contribution in [0.15, 0.2) is 0 Å². The van der Waals surface area contributed by atoms with Crippen LogP contribution < -0.4 is 5.32 Å². The zero-order valence-electron chi connectivity index (χ0n) is 12.9. The van der Waals surface area contributed by atoms with Crippen LogP contribution in [0.2, 0.25) is 0 Å². The summed E-state index contributed by atoms with van der Waals surface area (Å²) in [5.74, 6) is 0.476. The number of likely N-dealkylation sites (N-methyl/N-ethyl adjacent to an activating group) is 1. The predicted molar refractivity (Wildman–Crippen MR) is 80.9 cm³/mol. The Hall–Kier alpha value is -0.660. The van der Waals surface area contributed by atoms with Crippen molar-refractivity contribution in [2.75, 3.05) is 44.3 Å². The second kappa shape index (κ2) is 6.62. The van der Waals surface area contributed by atoms with Gasteiger partial charge in [-0.2, -0.15) is 0 Å². The molecule has 1 aliphatic carbocycles. The van der Waals surface area contributed by atoms with Crippen molar-refractivity contribution < 1.29 is 17.9 Å². The van der Waals surface area contributed by atoms with Crippen LogP contribution in [0.1, 0.15) is 26.7 Å². The van der Waals surface area contributed by atoms with E-state index in [9.17, 15) is 13.2 Å². The van der Waals surface area contributed by atoms with E-state index in [1.807, 2.05) is 13.8 Å². The fraction of sp³-hybridized carbons (Fsp3) is 0.929. The number of rotatable bonds is 7. The van der Waals surface area contributed by atoms with Gasteiger partial charge in [0, 0.05) is 19.6 Å². The van der Waals surface area contributed by atoms with Gasteiger partial charge in [-0.15, -0.1) is 0 Å². The average molecular weight is 318 g/mol. The van der Waals surface area contributed by atoms with Crippen LogP contribution in [0.25, 0.3) is 0 Å². The summed E-state index contributed by atoms with van der Waals surface area (Å²) >= 11 is 0. The van der Waals surface area contributed by atoms with Crippen molar-refractivity contribution in [1.29, 1.82) is 0 Å². The van der Waals surface area contributed by atoms with E-state index in [1.165, 1.54) is 0 Å². The Morgan fingerprint density at radius 3 is 2.38 bits per heavy atom. The van der Waals surface area contributed by atoms with Gasteiger partial charge in [-0.05, 0) is 32.2 Å². The summed E-state index contributed by atoms with van der Waals surface area (Å²) in [6.45, 7) is 6.41. The first-order valence-corrected chi connectivity index (χ1v) is 9.60. The highest BCUT2D eigenvalue weighted by molar-refractivity contribution is 7.91. The summed E-state index contributed by atoms with van der Waals surface area (Å²) < 4.78 is 28.4. The first-order chi connectivity index (χ1) is 9.93. The number of hydrogen-bond acceptors (Lipinski definition) is 6. The van der Waals surface area contributed by atoms with E-state index in [4.69, 9.17) is 4.74 Å². The molecule has 0 radical (unpaired) electrons. The Morgan fingerprint density at radius 1 is 1.29 bits per heavy atom. The minimum Gasteiger partial charge on any atom is -0.465 e. The standard InChI is InChI=1S/C14H26N2O4S/c1-3-15-14(12-5-6-12,13(17)20-4-2)11-16-7-9-21(18,19)10-8-16/h12,15H,3-11H2,1-2H3. The summed E-state index contributed by atoms with van der Waals surface area (Å²) in [5.41, 5.74) is -0.675. The number of nitrogens with one attached hydrogen (secondary N) is 1. The van der Waals surface area contributed by atoms with Crippen LogP contribution in [0.3, 0.4) is 0 Å². The van der Waals surface area contributed by atoms with Crippen molar-refractivity contribution in [3.63, 3.8) is 0 Å². The molecule has 0 spiro atoms. The molecular formula is C14H26N2O4S. The van der Waals surface area contributed by atoms with Gasteiger partial charge >= 0.3 is 5.97 Å². The maximum Gasteiger partial charge on any atom is 0.327 e. The van der Waals surface area contributed by atoms with E-state index >= 15 is 0 Å². The molecule has 1 aliphatic heterocycles. The van der Waals surface area contributed by atoms with Crippen molar-refractivity contribution in [3.05, 3.63) is 0 Å². The molecule has 6 nitrogen and oxygen atoms in total. The highest BCUT2D eigenvalue weighted by Gasteiger charge is 2.52. The van der Waals surface area contributed by atoms with Crippen molar-refractivity contribution >= 4 is 15.8 Å². The largest absolute Gasteiger partial charge is 0.465 e. The molecule has 1 saturated carbocycles. The molecule has 1 saturated heterocycles. The van der Waals surface area contributed by atoms with Gasteiger partial charge in [0.1, 0.15) is 5.54 Å². The monoisotopic (exact) mass is 318 g/mol. The number of ether oxygens (including phenoxy) is 1. The molecule has 1 heterocycles. The molecular weight excluding hydrogens is 292 g/mol. The molecule has 7 heteroatoms. The molecule has 0 aromatic carbocycles. The second-order valence-corrected chi connectivity index (χ2v) is 8.23. The van der Waals surface area contributed by atoms with Crippen LogP contribution >= 0.6 is 0 Å². The fourth-order valence-electron chi connectivity index (χ4n) is 3.05. The van der Waals surface area contributed by atoms with Crippen LogP contribution in [0.5, 0.6) is 0 Å². The molecule has 0 aromatic heterocycles. The molecule has 2 aliphatic rings. The quantitative estimate of drug-likeness (QED) is 0.668. The van der Waals surface area contributed by atoms with Gasteiger partial charge in [0.2, 0.25) is 0 Å². The number of carbonyl (C=O) groups is 1. The lowest BCUT2D eigenvalue weighted by molar-refractivity contribution is -0.153. The van der Waals surface area contributed by atoms with Gasteiger partial charge in [0.25, 0.3) is 0 Å². The van der Waals surface area contributed by atoms with E-state index < -0.39 is 15.4 Å². The van der Waals surface area contributed by atoms with Crippen molar-refractivity contribution in [2.24, 2.45) is 5.92 Å². The molecule has 1 N–H and O–H groups in total. The SMILES string of the molecule is CCNC(CN1CCS(=O)(=O)CC1)(C(=O)OCC)C1CC1. The maximum absolute atomic E-state index is 12.5. The Balaban J connectivity index is 2.10. The van der Waals surface area contributed by atoms with Crippen LogP contribution in [-0.2, 0) is 19.4 Å². The third kappa shape index (κ3) is 3.96. The van der Waals surface area contributed by atoms with Gasteiger partial charge in [-0.1, -0.05) is 6.92 Å². The third-order valence-corrected chi connectivity index (χ3v) is 5.93. The predicted octanol–water partition coefficient (Wildman–Crippen LogP) is 0.0382. The van der Waals surface area contributed by atoms with E-state index in [0.29, 0.717) is 38.7 Å². The van der Waals surface area contributed by atoms with Crippen LogP contribution in [0, 0.1) is 5.92 Å². The summed E-state index contributed by atoms with van der Waals surface area (Å²) in [7, 11) is -2.90. The molecule has 122 valence electrons. The van der Waals surface area contributed by atoms with Gasteiger partial charge in [0.15, 0.2) is 9.84 Å². The Labute approximate surface area is 127 Å². The zero-order valence-corrected chi connectivity index (χ0v) is 13.7. The van der Waals surface area contributed by atoms with Crippen molar-refractivity contribution in [2.45, 2.75) is 32.2 Å². The van der Waals surface area contributed by atoms with Gasteiger partial charge < -0.3 is 10.1 Å². The molecule has 0 bridgehead atoms. The number of nitrogens with zero attached hydrogens (tertiary/aromatic N) is 1. The smallest absolute Gasteiger partial charge is 0.327 e. The zero-order chi connectivity index (χ0) is 15.5. The minimum absolute atomic E-state index is 0.183.